The molecule has 31 heavy (non-hydrogen) atoms. The van der Waals surface area contributed by atoms with Crippen LogP contribution in [0.15, 0.2) is 42.7 Å². The summed E-state index contributed by atoms with van der Waals surface area (Å²) in [7, 11) is 0. The molecule has 0 unspecified atom stereocenters. The van der Waals surface area contributed by atoms with Crippen molar-refractivity contribution in [3.63, 3.8) is 0 Å². The summed E-state index contributed by atoms with van der Waals surface area (Å²) in [6.07, 6.45) is 28.1. The standard InChI is InChI=1S/C29H49N2/c1-3-5-7-8-9-10-11-12-13-14-15-16-17-21-25-30-26-27-31(29(30)24-6-4-2)28-22-19-18-20-23-28/h18-20,22-23,26-27H,3-17,21,24-25H2,1-2H3/q+1. The second-order valence-corrected chi connectivity index (χ2v) is 9.31. The first-order chi connectivity index (χ1) is 15.4. The Balaban J connectivity index is 1.57. The fraction of sp³-hybridized carbons (Fsp3) is 0.690. The van der Waals surface area contributed by atoms with Gasteiger partial charge in [0.1, 0.15) is 18.1 Å². The van der Waals surface area contributed by atoms with Crippen molar-refractivity contribution < 1.29 is 4.57 Å². The molecule has 0 bridgehead atoms. The van der Waals surface area contributed by atoms with Gasteiger partial charge < -0.3 is 0 Å². The highest BCUT2D eigenvalue weighted by molar-refractivity contribution is 5.31. The normalized spacial score (nSPS) is 11.3. The molecule has 0 aliphatic rings. The van der Waals surface area contributed by atoms with Crippen LogP contribution in [0.25, 0.3) is 5.69 Å². The molecule has 0 N–H and O–H groups in total. The van der Waals surface area contributed by atoms with Gasteiger partial charge in [-0.25, -0.2) is 4.57 Å². The number of nitrogens with zero attached hydrogens (tertiary/aromatic N) is 2. The third kappa shape index (κ3) is 10.5. The highest BCUT2D eigenvalue weighted by atomic mass is 15.1. The summed E-state index contributed by atoms with van der Waals surface area (Å²) in [6, 6.07) is 10.8. The lowest BCUT2D eigenvalue weighted by Gasteiger charge is -2.06. The maximum absolute atomic E-state index is 2.50. The lowest BCUT2D eigenvalue weighted by molar-refractivity contribution is -0.704. The fourth-order valence-corrected chi connectivity index (χ4v) is 4.56. The average molecular weight is 426 g/mol. The quantitative estimate of drug-likeness (QED) is 0.157. The van der Waals surface area contributed by atoms with Crippen LogP contribution in [-0.2, 0) is 13.0 Å². The van der Waals surface area contributed by atoms with Crippen LogP contribution in [-0.4, -0.2) is 4.57 Å². The summed E-state index contributed by atoms with van der Waals surface area (Å²) in [5.41, 5.74) is 1.29. The minimum atomic E-state index is 1.16. The molecule has 0 fully saturated rings. The maximum atomic E-state index is 2.50. The van der Waals surface area contributed by atoms with Crippen LogP contribution in [0.5, 0.6) is 0 Å². The Morgan fingerprint density at radius 1 is 0.613 bits per heavy atom. The largest absolute Gasteiger partial charge is 0.261 e. The molecule has 0 aliphatic carbocycles. The first-order valence-corrected chi connectivity index (χ1v) is 13.5. The molecule has 1 aromatic carbocycles. The van der Waals surface area contributed by atoms with Gasteiger partial charge in [0.15, 0.2) is 0 Å². The Hall–Kier alpha value is -1.57. The number of unbranched alkanes of at least 4 members (excludes halogenated alkanes) is 14. The molecular formula is C29H49N2+. The summed E-state index contributed by atoms with van der Waals surface area (Å²) in [6.45, 7) is 5.75. The summed E-state index contributed by atoms with van der Waals surface area (Å²) in [5.74, 6) is 1.46. The van der Waals surface area contributed by atoms with Crippen molar-refractivity contribution in [2.45, 2.75) is 130 Å². The Labute approximate surface area is 193 Å². The molecule has 0 aliphatic heterocycles. The Kier molecular flexibility index (Phi) is 14.1. The number of aryl methyl sites for hydroxylation is 1. The SMILES string of the molecule is CCCCCCCCCCCCCCCC[n+]1ccn(-c2ccccc2)c1CCCC. The van der Waals surface area contributed by atoms with Gasteiger partial charge >= 0.3 is 0 Å². The minimum absolute atomic E-state index is 1.16. The molecule has 2 nitrogen and oxygen atoms in total. The van der Waals surface area contributed by atoms with Gasteiger partial charge in [0.05, 0.1) is 6.54 Å². The third-order valence-electron chi connectivity index (χ3n) is 6.55. The van der Waals surface area contributed by atoms with Crippen LogP contribution in [0, 0.1) is 0 Å². The molecule has 0 atom stereocenters. The van der Waals surface area contributed by atoms with Gasteiger partial charge in [-0.1, -0.05) is 116 Å². The van der Waals surface area contributed by atoms with Gasteiger partial charge in [0, 0.05) is 6.42 Å². The van der Waals surface area contributed by atoms with E-state index in [-0.39, 0.29) is 0 Å². The van der Waals surface area contributed by atoms with Crippen LogP contribution in [0.3, 0.4) is 0 Å². The average Bonchev–Trinajstić information content (AvgIpc) is 3.21. The molecule has 2 aromatic rings. The van der Waals surface area contributed by atoms with Crippen molar-refractivity contribution in [1.82, 2.24) is 4.57 Å². The zero-order valence-electron chi connectivity index (χ0n) is 20.7. The molecule has 0 saturated heterocycles. The molecule has 2 heteroatoms. The van der Waals surface area contributed by atoms with Gasteiger partial charge in [-0.2, -0.15) is 4.57 Å². The number of rotatable bonds is 19. The van der Waals surface area contributed by atoms with Crippen LogP contribution in [0.4, 0.5) is 0 Å². The fourth-order valence-electron chi connectivity index (χ4n) is 4.56. The molecule has 0 spiro atoms. The number of para-hydroxylation sites is 1. The van der Waals surface area contributed by atoms with E-state index in [4.69, 9.17) is 0 Å². The molecule has 174 valence electrons. The molecular weight excluding hydrogens is 376 g/mol. The van der Waals surface area contributed by atoms with E-state index in [1.165, 1.54) is 114 Å². The number of aromatic nitrogens is 2. The van der Waals surface area contributed by atoms with E-state index < -0.39 is 0 Å². The maximum Gasteiger partial charge on any atom is 0.261 e. The zero-order chi connectivity index (χ0) is 22.0. The van der Waals surface area contributed by atoms with Crippen molar-refractivity contribution in [3.05, 3.63) is 48.5 Å². The van der Waals surface area contributed by atoms with E-state index >= 15 is 0 Å². The van der Waals surface area contributed by atoms with Crippen molar-refractivity contribution in [2.24, 2.45) is 0 Å². The van der Waals surface area contributed by atoms with Crippen molar-refractivity contribution in [3.8, 4) is 5.69 Å². The number of imidazole rings is 1. The van der Waals surface area contributed by atoms with Crippen molar-refractivity contribution in [2.75, 3.05) is 0 Å². The summed E-state index contributed by atoms with van der Waals surface area (Å²) in [4.78, 5) is 0. The summed E-state index contributed by atoms with van der Waals surface area (Å²) in [5, 5.41) is 0. The van der Waals surface area contributed by atoms with E-state index in [9.17, 15) is 0 Å². The van der Waals surface area contributed by atoms with Crippen LogP contribution >= 0.6 is 0 Å². The predicted molar refractivity (Wildman–Crippen MR) is 135 cm³/mol. The van der Waals surface area contributed by atoms with Gasteiger partial charge in [0.2, 0.25) is 0 Å². The topological polar surface area (TPSA) is 8.81 Å². The van der Waals surface area contributed by atoms with E-state index in [0.717, 1.165) is 13.0 Å². The number of benzene rings is 1. The molecule has 0 radical (unpaired) electrons. The van der Waals surface area contributed by atoms with Crippen molar-refractivity contribution >= 4 is 0 Å². The monoisotopic (exact) mass is 425 g/mol. The lowest BCUT2D eigenvalue weighted by Crippen LogP contribution is -2.37. The first kappa shape index (κ1) is 25.7. The van der Waals surface area contributed by atoms with E-state index in [0.29, 0.717) is 0 Å². The Morgan fingerprint density at radius 2 is 1.13 bits per heavy atom. The summed E-state index contributed by atoms with van der Waals surface area (Å²) < 4.78 is 4.89. The van der Waals surface area contributed by atoms with Crippen LogP contribution in [0.2, 0.25) is 0 Å². The minimum Gasteiger partial charge on any atom is -0.234 e. The zero-order valence-corrected chi connectivity index (χ0v) is 20.7. The first-order valence-electron chi connectivity index (χ1n) is 13.5. The second kappa shape index (κ2) is 17.0. The van der Waals surface area contributed by atoms with Crippen LogP contribution < -0.4 is 4.57 Å². The molecule has 0 saturated carbocycles. The highest BCUT2D eigenvalue weighted by Crippen LogP contribution is 2.14. The molecule has 0 amide bonds. The molecule has 1 heterocycles. The predicted octanol–water partition coefficient (Wildman–Crippen LogP) is 8.59. The Morgan fingerprint density at radius 3 is 1.68 bits per heavy atom. The third-order valence-corrected chi connectivity index (χ3v) is 6.55. The number of hydrogen-bond acceptors (Lipinski definition) is 0. The molecule has 1 aromatic heterocycles. The van der Waals surface area contributed by atoms with E-state index in [1.54, 1.807) is 0 Å². The van der Waals surface area contributed by atoms with Gasteiger partial charge in [0.25, 0.3) is 5.82 Å². The van der Waals surface area contributed by atoms with Crippen LogP contribution in [0.1, 0.15) is 122 Å². The van der Waals surface area contributed by atoms with Crippen molar-refractivity contribution in [1.29, 1.82) is 0 Å². The number of hydrogen-bond donors (Lipinski definition) is 0. The smallest absolute Gasteiger partial charge is 0.234 e. The highest BCUT2D eigenvalue weighted by Gasteiger charge is 2.17. The van der Waals surface area contributed by atoms with E-state index in [1.807, 2.05) is 0 Å². The lowest BCUT2D eigenvalue weighted by atomic mass is 10.0. The second-order valence-electron chi connectivity index (χ2n) is 9.31. The van der Waals surface area contributed by atoms with Gasteiger partial charge in [-0.3, -0.25) is 0 Å². The van der Waals surface area contributed by atoms with Gasteiger partial charge in [-0.05, 0) is 31.4 Å². The van der Waals surface area contributed by atoms with Gasteiger partial charge in [-0.15, -0.1) is 0 Å². The molecule has 2 rings (SSSR count). The Bertz CT molecular complexity index is 659. The van der Waals surface area contributed by atoms with E-state index in [2.05, 4.69) is 65.7 Å². The summed E-state index contributed by atoms with van der Waals surface area (Å²) >= 11 is 0.